The smallest absolute Gasteiger partial charge is 0.323 e. The van der Waals surface area contributed by atoms with Gasteiger partial charge in [-0.25, -0.2) is 4.98 Å². The van der Waals surface area contributed by atoms with Gasteiger partial charge < -0.3 is 14.5 Å². The third-order valence-electron chi connectivity index (χ3n) is 2.77. The monoisotopic (exact) mass is 294 g/mol. The maximum absolute atomic E-state index is 11.7. The molecule has 1 unspecified atom stereocenters. The highest BCUT2D eigenvalue weighted by Crippen LogP contribution is 2.23. The Morgan fingerprint density at radius 2 is 2.30 bits per heavy atom. The molecule has 0 bridgehead atoms. The average molecular weight is 294 g/mol. The molecule has 0 saturated carbocycles. The van der Waals surface area contributed by atoms with Crippen molar-refractivity contribution in [3.8, 4) is 0 Å². The molecule has 0 fully saturated rings. The number of carbonyl (C=O) groups excluding carboxylic acids is 1. The van der Waals surface area contributed by atoms with Crippen molar-refractivity contribution in [1.82, 2.24) is 10.3 Å². The van der Waals surface area contributed by atoms with E-state index < -0.39 is 0 Å². The summed E-state index contributed by atoms with van der Waals surface area (Å²) >= 11 is 1.41. The molecule has 0 radical (unpaired) electrons. The minimum absolute atomic E-state index is 0.262. The summed E-state index contributed by atoms with van der Waals surface area (Å²) in [5, 5.41) is 3.73. The Morgan fingerprint density at radius 1 is 1.50 bits per heavy atom. The van der Waals surface area contributed by atoms with Crippen LogP contribution in [-0.2, 0) is 9.53 Å². The zero-order valence-corrected chi connectivity index (χ0v) is 12.4. The maximum Gasteiger partial charge on any atom is 0.323 e. The molecule has 1 heterocycles. The molecular weight excluding hydrogens is 276 g/mol. The summed E-state index contributed by atoms with van der Waals surface area (Å²) in [5.74, 6) is 0.265. The van der Waals surface area contributed by atoms with Gasteiger partial charge in [0, 0.05) is 5.75 Å². The second-order valence-corrected chi connectivity index (χ2v) is 5.26. The van der Waals surface area contributed by atoms with E-state index >= 15 is 0 Å². The Morgan fingerprint density at radius 3 is 3.00 bits per heavy atom. The second-order valence-electron chi connectivity index (χ2n) is 4.29. The molecule has 5 nitrogen and oxygen atoms in total. The van der Waals surface area contributed by atoms with E-state index in [9.17, 15) is 4.79 Å². The molecule has 20 heavy (non-hydrogen) atoms. The van der Waals surface area contributed by atoms with Crippen molar-refractivity contribution >= 4 is 28.8 Å². The second kappa shape index (κ2) is 7.31. The van der Waals surface area contributed by atoms with Crippen LogP contribution < -0.4 is 5.32 Å². The van der Waals surface area contributed by atoms with Crippen LogP contribution in [0.1, 0.15) is 13.3 Å². The number of ether oxygens (including phenoxy) is 1. The molecule has 0 amide bonds. The van der Waals surface area contributed by atoms with Crippen LogP contribution in [0.4, 0.5) is 0 Å². The third kappa shape index (κ3) is 3.74. The molecular formula is C14H18N2O3S. The Balaban J connectivity index is 1.98. The number of hydrogen-bond donors (Lipinski definition) is 1. The quantitative estimate of drug-likeness (QED) is 0.625. The normalized spacial score (nSPS) is 12.5. The number of benzene rings is 1. The summed E-state index contributed by atoms with van der Waals surface area (Å²) in [7, 11) is 1.40. The number of carbonyl (C=O) groups is 1. The number of fused-ring (bicyclic) bond motifs is 1. The number of para-hydroxylation sites is 2. The van der Waals surface area contributed by atoms with E-state index in [0.717, 1.165) is 24.1 Å². The average Bonchev–Trinajstić information content (AvgIpc) is 2.89. The molecule has 1 atom stereocenters. The van der Waals surface area contributed by atoms with Crippen molar-refractivity contribution in [2.75, 3.05) is 19.4 Å². The highest BCUT2D eigenvalue weighted by molar-refractivity contribution is 7.99. The molecule has 0 spiro atoms. The van der Waals surface area contributed by atoms with Crippen molar-refractivity contribution in [1.29, 1.82) is 0 Å². The lowest BCUT2D eigenvalue weighted by atomic mass is 10.3. The number of methoxy groups -OCH3 is 1. The number of aromatic nitrogens is 1. The minimum atomic E-state index is -0.347. The first-order valence-electron chi connectivity index (χ1n) is 6.54. The maximum atomic E-state index is 11.7. The van der Waals surface area contributed by atoms with Crippen molar-refractivity contribution in [3.05, 3.63) is 24.3 Å². The Kier molecular flexibility index (Phi) is 5.43. The number of esters is 1. The van der Waals surface area contributed by atoms with Crippen molar-refractivity contribution in [2.45, 2.75) is 24.6 Å². The zero-order valence-electron chi connectivity index (χ0n) is 11.6. The van der Waals surface area contributed by atoms with E-state index in [2.05, 4.69) is 17.2 Å². The van der Waals surface area contributed by atoms with Gasteiger partial charge in [-0.3, -0.25) is 4.79 Å². The number of hydrogen-bond acceptors (Lipinski definition) is 6. The molecule has 2 rings (SSSR count). The fraction of sp³-hybridized carbons (Fsp3) is 0.429. The molecule has 1 N–H and O–H groups in total. The molecule has 6 heteroatoms. The number of nitrogens with zero attached hydrogens (tertiary/aromatic N) is 1. The lowest BCUT2D eigenvalue weighted by Gasteiger charge is -2.14. The summed E-state index contributed by atoms with van der Waals surface area (Å²) in [4.78, 5) is 16.0. The topological polar surface area (TPSA) is 64.4 Å². The molecule has 108 valence electrons. The summed E-state index contributed by atoms with van der Waals surface area (Å²) in [6.45, 7) is 2.82. The van der Waals surface area contributed by atoms with E-state index in [1.807, 2.05) is 24.3 Å². The van der Waals surface area contributed by atoms with Crippen LogP contribution in [-0.4, -0.2) is 36.4 Å². The van der Waals surface area contributed by atoms with Crippen LogP contribution in [0.25, 0.3) is 11.1 Å². The van der Waals surface area contributed by atoms with Gasteiger partial charge >= 0.3 is 5.97 Å². The van der Waals surface area contributed by atoms with Crippen LogP contribution >= 0.6 is 11.8 Å². The first-order valence-corrected chi connectivity index (χ1v) is 7.52. The van der Waals surface area contributed by atoms with E-state index in [4.69, 9.17) is 9.15 Å². The van der Waals surface area contributed by atoms with Crippen molar-refractivity contribution in [2.24, 2.45) is 0 Å². The van der Waals surface area contributed by atoms with Gasteiger partial charge in [0.25, 0.3) is 5.22 Å². The fourth-order valence-electron chi connectivity index (χ4n) is 1.74. The largest absolute Gasteiger partial charge is 0.468 e. The van der Waals surface area contributed by atoms with Crippen molar-refractivity contribution in [3.63, 3.8) is 0 Å². The van der Waals surface area contributed by atoms with Crippen LogP contribution in [0.3, 0.4) is 0 Å². The zero-order chi connectivity index (χ0) is 14.4. The number of rotatable bonds is 7. The highest BCUT2D eigenvalue weighted by Gasteiger charge is 2.19. The minimum Gasteiger partial charge on any atom is -0.468 e. The lowest BCUT2D eigenvalue weighted by Crippen LogP contribution is -2.40. The number of oxazole rings is 1. The predicted molar refractivity (Wildman–Crippen MR) is 78.8 cm³/mol. The molecule has 1 aromatic heterocycles. The van der Waals surface area contributed by atoms with Gasteiger partial charge in [-0.05, 0) is 25.1 Å². The molecule has 0 aliphatic heterocycles. The third-order valence-corrected chi connectivity index (χ3v) is 3.70. The molecule has 0 aliphatic rings. The van der Waals surface area contributed by atoms with E-state index in [-0.39, 0.29) is 12.0 Å². The van der Waals surface area contributed by atoms with E-state index in [0.29, 0.717) is 11.0 Å². The predicted octanol–water partition coefficient (Wildman–Crippen LogP) is 2.46. The van der Waals surface area contributed by atoms with Crippen LogP contribution in [0.2, 0.25) is 0 Å². The van der Waals surface area contributed by atoms with E-state index in [1.54, 1.807) is 0 Å². The molecule has 2 aromatic rings. The van der Waals surface area contributed by atoms with Gasteiger partial charge in [0.1, 0.15) is 11.6 Å². The lowest BCUT2D eigenvalue weighted by molar-refractivity contribution is -0.142. The standard InChI is InChI=1S/C14H18N2O3S/c1-3-8-15-11(13(17)18-2)9-20-14-16-10-6-4-5-7-12(10)19-14/h4-7,11,15H,3,8-9H2,1-2H3. The SMILES string of the molecule is CCCNC(CSc1nc2ccccc2o1)C(=O)OC. The summed E-state index contributed by atoms with van der Waals surface area (Å²) in [5.41, 5.74) is 1.58. The van der Waals surface area contributed by atoms with Crippen LogP contribution in [0.5, 0.6) is 0 Å². The van der Waals surface area contributed by atoms with Crippen molar-refractivity contribution < 1.29 is 13.9 Å². The number of nitrogens with one attached hydrogen (secondary N) is 1. The van der Waals surface area contributed by atoms with Gasteiger partial charge in [-0.15, -0.1) is 0 Å². The summed E-state index contributed by atoms with van der Waals surface area (Å²) < 4.78 is 10.4. The Labute approximate surface area is 122 Å². The van der Waals surface area contributed by atoms with Gasteiger partial charge in [-0.1, -0.05) is 30.8 Å². The summed E-state index contributed by atoms with van der Waals surface area (Å²) in [6, 6.07) is 7.25. The molecule has 0 saturated heterocycles. The van der Waals surface area contributed by atoms with Crippen LogP contribution in [0, 0.1) is 0 Å². The van der Waals surface area contributed by atoms with Crippen LogP contribution in [0.15, 0.2) is 33.9 Å². The first kappa shape index (κ1) is 14.9. The summed E-state index contributed by atoms with van der Waals surface area (Å²) in [6.07, 6.45) is 0.959. The van der Waals surface area contributed by atoms with Gasteiger partial charge in [0.15, 0.2) is 5.58 Å². The Bertz CT molecular complexity index is 537. The number of thioether (sulfide) groups is 1. The van der Waals surface area contributed by atoms with E-state index in [1.165, 1.54) is 18.9 Å². The Hall–Kier alpha value is -1.53. The van der Waals surface area contributed by atoms with Gasteiger partial charge in [0.05, 0.1) is 7.11 Å². The first-order chi connectivity index (χ1) is 9.74. The highest BCUT2D eigenvalue weighted by atomic mass is 32.2. The fourth-order valence-corrected chi connectivity index (χ4v) is 2.61. The molecule has 0 aliphatic carbocycles. The van der Waals surface area contributed by atoms with Gasteiger partial charge in [-0.2, -0.15) is 0 Å². The molecule has 1 aromatic carbocycles. The van der Waals surface area contributed by atoms with Gasteiger partial charge in [0.2, 0.25) is 0 Å².